The Kier molecular flexibility index (Phi) is 3.94. The molecular formula is C14H22N2. The zero-order valence-electron chi connectivity index (χ0n) is 10.4. The molecule has 0 aliphatic heterocycles. The first-order valence-corrected chi connectivity index (χ1v) is 6.41. The van der Waals surface area contributed by atoms with E-state index in [0.29, 0.717) is 6.04 Å². The highest BCUT2D eigenvalue weighted by Gasteiger charge is 2.20. The molecule has 2 heteroatoms. The normalized spacial score (nSPS) is 18.9. The molecule has 0 saturated heterocycles. The van der Waals surface area contributed by atoms with Crippen molar-refractivity contribution in [2.75, 3.05) is 0 Å². The van der Waals surface area contributed by atoms with Crippen molar-refractivity contribution < 1.29 is 0 Å². The SMILES string of the molecule is Cc1cccnc1CNC(C)C1CCCC1. The van der Waals surface area contributed by atoms with Crippen LogP contribution >= 0.6 is 0 Å². The van der Waals surface area contributed by atoms with Gasteiger partial charge in [-0.1, -0.05) is 18.9 Å². The molecule has 1 heterocycles. The van der Waals surface area contributed by atoms with Crippen molar-refractivity contribution in [3.05, 3.63) is 29.6 Å². The summed E-state index contributed by atoms with van der Waals surface area (Å²) in [5.41, 5.74) is 2.47. The largest absolute Gasteiger partial charge is 0.308 e. The second kappa shape index (κ2) is 5.44. The van der Waals surface area contributed by atoms with Crippen molar-refractivity contribution in [1.29, 1.82) is 0 Å². The minimum atomic E-state index is 0.629. The average molecular weight is 218 g/mol. The highest BCUT2D eigenvalue weighted by Crippen LogP contribution is 2.27. The number of nitrogens with zero attached hydrogens (tertiary/aromatic N) is 1. The van der Waals surface area contributed by atoms with Gasteiger partial charge < -0.3 is 5.32 Å². The number of hydrogen-bond donors (Lipinski definition) is 1. The van der Waals surface area contributed by atoms with E-state index in [1.54, 1.807) is 0 Å². The van der Waals surface area contributed by atoms with E-state index in [9.17, 15) is 0 Å². The molecule has 2 nitrogen and oxygen atoms in total. The van der Waals surface area contributed by atoms with Gasteiger partial charge in [-0.3, -0.25) is 4.98 Å². The molecule has 1 aliphatic rings. The summed E-state index contributed by atoms with van der Waals surface area (Å²) in [6, 6.07) is 4.76. The fourth-order valence-electron chi connectivity index (χ4n) is 2.59. The van der Waals surface area contributed by atoms with Crippen LogP contribution in [0, 0.1) is 12.8 Å². The first kappa shape index (κ1) is 11.6. The molecule has 0 bridgehead atoms. The number of pyridine rings is 1. The van der Waals surface area contributed by atoms with Crippen LogP contribution in [0.3, 0.4) is 0 Å². The topological polar surface area (TPSA) is 24.9 Å². The Morgan fingerprint density at radius 2 is 2.19 bits per heavy atom. The van der Waals surface area contributed by atoms with Crippen LogP contribution in [0.2, 0.25) is 0 Å². The molecule has 0 spiro atoms. The van der Waals surface area contributed by atoms with Crippen molar-refractivity contribution in [2.45, 2.75) is 52.1 Å². The molecule has 1 fully saturated rings. The summed E-state index contributed by atoms with van der Waals surface area (Å²) < 4.78 is 0. The van der Waals surface area contributed by atoms with Crippen LogP contribution < -0.4 is 5.32 Å². The van der Waals surface area contributed by atoms with Crippen molar-refractivity contribution in [1.82, 2.24) is 10.3 Å². The first-order chi connectivity index (χ1) is 7.77. The molecule has 2 rings (SSSR count). The summed E-state index contributed by atoms with van der Waals surface area (Å²) in [6.07, 6.45) is 7.51. The second-order valence-corrected chi connectivity index (χ2v) is 4.98. The Morgan fingerprint density at radius 1 is 1.44 bits per heavy atom. The lowest BCUT2D eigenvalue weighted by Gasteiger charge is -2.20. The lowest BCUT2D eigenvalue weighted by atomic mass is 10.00. The molecule has 16 heavy (non-hydrogen) atoms. The summed E-state index contributed by atoms with van der Waals surface area (Å²) >= 11 is 0. The number of aryl methyl sites for hydroxylation is 1. The van der Waals surface area contributed by atoms with Gasteiger partial charge in [-0.2, -0.15) is 0 Å². The van der Waals surface area contributed by atoms with Crippen molar-refractivity contribution >= 4 is 0 Å². The zero-order valence-corrected chi connectivity index (χ0v) is 10.4. The molecule has 1 aromatic rings. The second-order valence-electron chi connectivity index (χ2n) is 4.98. The molecule has 0 amide bonds. The molecule has 88 valence electrons. The van der Waals surface area contributed by atoms with Gasteiger partial charge in [-0.05, 0) is 44.2 Å². The third-order valence-electron chi connectivity index (χ3n) is 3.82. The van der Waals surface area contributed by atoms with E-state index in [1.165, 1.54) is 36.9 Å². The monoisotopic (exact) mass is 218 g/mol. The summed E-state index contributed by atoms with van der Waals surface area (Å²) in [5, 5.41) is 3.62. The lowest BCUT2D eigenvalue weighted by Crippen LogP contribution is -2.32. The molecule has 0 radical (unpaired) electrons. The minimum Gasteiger partial charge on any atom is -0.308 e. The van der Waals surface area contributed by atoms with Gasteiger partial charge in [0.05, 0.1) is 5.69 Å². The van der Waals surface area contributed by atoms with Crippen LogP contribution in [0.15, 0.2) is 18.3 Å². The molecule has 1 atom stereocenters. The van der Waals surface area contributed by atoms with Crippen LogP contribution in [0.25, 0.3) is 0 Å². The van der Waals surface area contributed by atoms with Gasteiger partial charge in [0.1, 0.15) is 0 Å². The summed E-state index contributed by atoms with van der Waals surface area (Å²) in [4.78, 5) is 4.41. The van der Waals surface area contributed by atoms with E-state index in [0.717, 1.165) is 12.5 Å². The summed E-state index contributed by atoms with van der Waals surface area (Å²) in [5.74, 6) is 0.879. The van der Waals surface area contributed by atoms with E-state index < -0.39 is 0 Å². The quantitative estimate of drug-likeness (QED) is 0.840. The highest BCUT2D eigenvalue weighted by atomic mass is 14.9. The van der Waals surface area contributed by atoms with Gasteiger partial charge >= 0.3 is 0 Å². The summed E-state index contributed by atoms with van der Waals surface area (Å²) in [7, 11) is 0. The van der Waals surface area contributed by atoms with Crippen LogP contribution in [-0.4, -0.2) is 11.0 Å². The molecule has 0 aromatic carbocycles. The van der Waals surface area contributed by atoms with Crippen molar-refractivity contribution in [3.8, 4) is 0 Å². The van der Waals surface area contributed by atoms with E-state index in [4.69, 9.17) is 0 Å². The number of aromatic nitrogens is 1. The van der Waals surface area contributed by atoms with Crippen LogP contribution in [-0.2, 0) is 6.54 Å². The van der Waals surface area contributed by atoms with Crippen molar-refractivity contribution in [2.24, 2.45) is 5.92 Å². The smallest absolute Gasteiger partial charge is 0.0570 e. The van der Waals surface area contributed by atoms with Gasteiger partial charge in [0, 0.05) is 18.8 Å². The van der Waals surface area contributed by atoms with E-state index in [2.05, 4.69) is 30.2 Å². The van der Waals surface area contributed by atoms with Gasteiger partial charge in [0.25, 0.3) is 0 Å². The van der Waals surface area contributed by atoms with Crippen LogP contribution in [0.4, 0.5) is 0 Å². The fraction of sp³-hybridized carbons (Fsp3) is 0.643. The first-order valence-electron chi connectivity index (χ1n) is 6.41. The van der Waals surface area contributed by atoms with Gasteiger partial charge in [-0.25, -0.2) is 0 Å². The minimum absolute atomic E-state index is 0.629. The number of nitrogens with one attached hydrogen (secondary N) is 1. The molecule has 1 aromatic heterocycles. The third kappa shape index (κ3) is 2.82. The molecule has 1 unspecified atom stereocenters. The van der Waals surface area contributed by atoms with E-state index >= 15 is 0 Å². The van der Waals surface area contributed by atoms with E-state index in [-0.39, 0.29) is 0 Å². The Morgan fingerprint density at radius 3 is 2.88 bits per heavy atom. The van der Waals surface area contributed by atoms with Gasteiger partial charge in [0.2, 0.25) is 0 Å². The van der Waals surface area contributed by atoms with E-state index in [1.807, 2.05) is 12.3 Å². The Hall–Kier alpha value is -0.890. The molecule has 1 N–H and O–H groups in total. The highest BCUT2D eigenvalue weighted by molar-refractivity contribution is 5.17. The predicted octanol–water partition coefficient (Wildman–Crippen LogP) is 3.06. The Bertz CT molecular complexity index is 329. The summed E-state index contributed by atoms with van der Waals surface area (Å²) in [6.45, 7) is 5.35. The lowest BCUT2D eigenvalue weighted by molar-refractivity contribution is 0.378. The molecule has 1 aliphatic carbocycles. The van der Waals surface area contributed by atoms with Gasteiger partial charge in [0.15, 0.2) is 0 Å². The number of hydrogen-bond acceptors (Lipinski definition) is 2. The maximum Gasteiger partial charge on any atom is 0.0570 e. The molecular weight excluding hydrogens is 196 g/mol. The fourth-order valence-corrected chi connectivity index (χ4v) is 2.59. The maximum absolute atomic E-state index is 4.41. The Labute approximate surface area is 98.5 Å². The average Bonchev–Trinajstić information content (AvgIpc) is 2.81. The molecule has 1 saturated carbocycles. The predicted molar refractivity (Wildman–Crippen MR) is 67.2 cm³/mol. The standard InChI is InChI=1S/C14H22N2/c1-11-6-5-9-15-14(11)10-16-12(2)13-7-3-4-8-13/h5-6,9,12-13,16H,3-4,7-8,10H2,1-2H3. The third-order valence-corrected chi connectivity index (χ3v) is 3.82. The van der Waals surface area contributed by atoms with Crippen LogP contribution in [0.1, 0.15) is 43.9 Å². The zero-order chi connectivity index (χ0) is 11.4. The van der Waals surface area contributed by atoms with Gasteiger partial charge in [-0.15, -0.1) is 0 Å². The van der Waals surface area contributed by atoms with Crippen molar-refractivity contribution in [3.63, 3.8) is 0 Å². The van der Waals surface area contributed by atoms with Crippen LogP contribution in [0.5, 0.6) is 0 Å². The Balaban J connectivity index is 1.84. The maximum atomic E-state index is 4.41. The number of rotatable bonds is 4.